The second-order valence-corrected chi connectivity index (χ2v) is 10.8. The smallest absolute Gasteiger partial charge is 0.228 e. The molecule has 1 saturated heterocycles. The lowest BCUT2D eigenvalue weighted by atomic mass is 10.0. The number of H-pyrrole nitrogens is 1. The van der Waals surface area contributed by atoms with Crippen molar-refractivity contribution in [1.29, 1.82) is 0 Å². The molecule has 0 unspecified atom stereocenters. The van der Waals surface area contributed by atoms with Crippen molar-refractivity contribution in [3.63, 3.8) is 0 Å². The predicted octanol–water partition coefficient (Wildman–Crippen LogP) is 2.38. The number of hydrogen-bond donors (Lipinski definition) is 2. The highest BCUT2D eigenvalue weighted by Gasteiger charge is 2.30. The van der Waals surface area contributed by atoms with E-state index in [4.69, 9.17) is 0 Å². The minimum atomic E-state index is -3.01. The molecule has 0 radical (unpaired) electrons. The molecule has 3 aromatic rings. The lowest BCUT2D eigenvalue weighted by molar-refractivity contribution is -0.130. The Morgan fingerprint density at radius 1 is 1.09 bits per heavy atom. The van der Waals surface area contributed by atoms with Gasteiger partial charge in [0.25, 0.3) is 0 Å². The fourth-order valence-corrected chi connectivity index (χ4v) is 5.17. The zero-order chi connectivity index (χ0) is 22.3. The van der Waals surface area contributed by atoms with Crippen molar-refractivity contribution in [2.45, 2.75) is 19.3 Å². The molecule has 1 aromatic carbocycles. The van der Waals surface area contributed by atoms with Crippen LogP contribution in [-0.4, -0.2) is 59.7 Å². The zero-order valence-corrected chi connectivity index (χ0v) is 18.3. The average molecular weight is 453 g/mol. The van der Waals surface area contributed by atoms with E-state index < -0.39 is 9.84 Å². The van der Waals surface area contributed by atoms with E-state index >= 15 is 0 Å². The van der Waals surface area contributed by atoms with Gasteiger partial charge in [-0.3, -0.25) is 9.59 Å². The van der Waals surface area contributed by atoms with Crippen molar-refractivity contribution in [2.75, 3.05) is 29.9 Å². The average Bonchev–Trinajstić information content (AvgIpc) is 3.52. The van der Waals surface area contributed by atoms with E-state index in [9.17, 15) is 18.0 Å². The highest BCUT2D eigenvalue weighted by Crippen LogP contribution is 2.33. The second-order valence-electron chi connectivity index (χ2n) is 8.46. The highest BCUT2D eigenvalue weighted by atomic mass is 32.2. The maximum atomic E-state index is 12.6. The number of amides is 2. The van der Waals surface area contributed by atoms with Crippen LogP contribution >= 0.6 is 0 Å². The Hall–Kier alpha value is -3.20. The monoisotopic (exact) mass is 452 g/mol. The fourth-order valence-electron chi connectivity index (χ4n) is 3.96. The summed E-state index contributed by atoms with van der Waals surface area (Å²) in [4.78, 5) is 34.0. The number of carbonyl (C=O) groups is 2. The molecule has 2 N–H and O–H groups in total. The van der Waals surface area contributed by atoms with Gasteiger partial charge >= 0.3 is 0 Å². The van der Waals surface area contributed by atoms with Crippen LogP contribution < -0.4 is 5.32 Å². The Kier molecular flexibility index (Phi) is 5.21. The van der Waals surface area contributed by atoms with Gasteiger partial charge in [0.05, 0.1) is 17.9 Å². The van der Waals surface area contributed by atoms with Crippen LogP contribution in [0.1, 0.15) is 18.4 Å². The Balaban J connectivity index is 1.34. The molecule has 1 saturated carbocycles. The van der Waals surface area contributed by atoms with Gasteiger partial charge in [-0.2, -0.15) is 0 Å². The van der Waals surface area contributed by atoms with E-state index in [1.165, 1.54) is 0 Å². The molecule has 3 heterocycles. The summed E-state index contributed by atoms with van der Waals surface area (Å²) in [6.45, 7) is 0.522. The third-order valence-electron chi connectivity index (χ3n) is 6.05. The van der Waals surface area contributed by atoms with E-state index in [0.717, 1.165) is 34.9 Å². The van der Waals surface area contributed by atoms with Crippen molar-refractivity contribution in [3.05, 3.63) is 48.2 Å². The second kappa shape index (κ2) is 8.05. The molecule has 5 rings (SSSR count). The van der Waals surface area contributed by atoms with E-state index in [-0.39, 0.29) is 48.7 Å². The molecule has 9 heteroatoms. The topological polar surface area (TPSA) is 112 Å². The van der Waals surface area contributed by atoms with E-state index in [1.807, 2.05) is 42.6 Å². The number of hydrogen-bond acceptors (Lipinski definition) is 5. The molecule has 2 aliphatic rings. The van der Waals surface area contributed by atoms with Gasteiger partial charge in [-0.05, 0) is 41.7 Å². The third-order valence-corrected chi connectivity index (χ3v) is 7.65. The summed E-state index contributed by atoms with van der Waals surface area (Å²) in [6, 6.07) is 11.6. The van der Waals surface area contributed by atoms with Gasteiger partial charge in [0, 0.05) is 30.6 Å². The summed E-state index contributed by atoms with van der Waals surface area (Å²) in [6.07, 6.45) is 3.91. The zero-order valence-electron chi connectivity index (χ0n) is 17.5. The van der Waals surface area contributed by atoms with Crippen LogP contribution in [0.2, 0.25) is 0 Å². The van der Waals surface area contributed by atoms with Gasteiger partial charge in [-0.15, -0.1) is 0 Å². The maximum absolute atomic E-state index is 12.6. The van der Waals surface area contributed by atoms with Crippen molar-refractivity contribution in [2.24, 2.45) is 5.92 Å². The van der Waals surface area contributed by atoms with Gasteiger partial charge in [0.1, 0.15) is 11.5 Å². The number of anilines is 1. The number of fused-ring (bicyclic) bond motifs is 1. The predicted molar refractivity (Wildman–Crippen MR) is 122 cm³/mol. The van der Waals surface area contributed by atoms with Gasteiger partial charge < -0.3 is 15.2 Å². The van der Waals surface area contributed by atoms with Crippen LogP contribution in [0.15, 0.2) is 42.6 Å². The lowest BCUT2D eigenvalue weighted by Crippen LogP contribution is -2.44. The molecule has 2 amide bonds. The Labute approximate surface area is 185 Å². The maximum Gasteiger partial charge on any atom is 0.228 e. The fraction of sp³-hybridized carbons (Fsp3) is 0.348. The molecule has 1 aliphatic carbocycles. The first-order valence-electron chi connectivity index (χ1n) is 10.7. The Morgan fingerprint density at radius 3 is 2.50 bits per heavy atom. The van der Waals surface area contributed by atoms with Crippen LogP contribution in [0.4, 0.5) is 5.82 Å². The first-order valence-corrected chi connectivity index (χ1v) is 12.6. The minimum absolute atomic E-state index is 0.00808. The number of aromatic amines is 1. The van der Waals surface area contributed by atoms with Crippen molar-refractivity contribution < 1.29 is 18.0 Å². The SMILES string of the molecule is O=C(Nc1cc(-c2ccc(CC(=O)N3CCS(=O)(=O)CC3)cc2)c2cc[nH]c2n1)C1CC1. The van der Waals surface area contributed by atoms with Crippen LogP contribution in [0.25, 0.3) is 22.2 Å². The Bertz CT molecular complexity index is 1280. The number of pyridine rings is 1. The number of nitrogens with one attached hydrogen (secondary N) is 2. The molecule has 32 heavy (non-hydrogen) atoms. The van der Waals surface area contributed by atoms with Crippen LogP contribution in [-0.2, 0) is 25.8 Å². The molecule has 2 aromatic heterocycles. The van der Waals surface area contributed by atoms with Crippen LogP contribution in [0.5, 0.6) is 0 Å². The lowest BCUT2D eigenvalue weighted by Gasteiger charge is -2.26. The molecule has 0 bridgehead atoms. The molecular formula is C23H24N4O4S. The van der Waals surface area contributed by atoms with Crippen molar-refractivity contribution >= 4 is 38.5 Å². The summed E-state index contributed by atoms with van der Waals surface area (Å²) < 4.78 is 23.1. The quantitative estimate of drug-likeness (QED) is 0.617. The summed E-state index contributed by atoms with van der Waals surface area (Å²) >= 11 is 0. The normalized spacial score (nSPS) is 17.9. The molecule has 2 fully saturated rings. The summed E-state index contributed by atoms with van der Waals surface area (Å²) in [5.74, 6) is 0.629. The largest absolute Gasteiger partial charge is 0.346 e. The standard InChI is InChI=1S/C23H24N4O4S/c28-21(27-9-11-32(30,31)12-10-27)13-15-1-3-16(4-2-15)19-14-20(26-23(29)17-5-6-17)25-22-18(19)7-8-24-22/h1-4,7-8,14,17H,5-6,9-13H2,(H2,24,25,26,29). The molecule has 1 aliphatic heterocycles. The summed E-state index contributed by atoms with van der Waals surface area (Å²) in [5.41, 5.74) is 3.47. The molecule has 166 valence electrons. The van der Waals surface area contributed by atoms with E-state index in [2.05, 4.69) is 15.3 Å². The van der Waals surface area contributed by atoms with Crippen molar-refractivity contribution in [3.8, 4) is 11.1 Å². The third kappa shape index (κ3) is 4.38. The Morgan fingerprint density at radius 2 is 1.81 bits per heavy atom. The van der Waals surface area contributed by atoms with Gasteiger partial charge in [-0.25, -0.2) is 13.4 Å². The van der Waals surface area contributed by atoms with Crippen molar-refractivity contribution in [1.82, 2.24) is 14.9 Å². The van der Waals surface area contributed by atoms with Gasteiger partial charge in [0.15, 0.2) is 9.84 Å². The number of benzene rings is 1. The number of rotatable bonds is 5. The summed E-state index contributed by atoms with van der Waals surface area (Å²) in [7, 11) is -3.01. The molecular weight excluding hydrogens is 428 g/mol. The molecule has 0 spiro atoms. The van der Waals surface area contributed by atoms with E-state index in [1.54, 1.807) is 4.90 Å². The number of aromatic nitrogens is 2. The first-order chi connectivity index (χ1) is 15.4. The number of sulfone groups is 1. The molecule has 0 atom stereocenters. The van der Waals surface area contributed by atoms with Gasteiger partial charge in [-0.1, -0.05) is 24.3 Å². The first kappa shape index (κ1) is 20.7. The molecule has 8 nitrogen and oxygen atoms in total. The summed E-state index contributed by atoms with van der Waals surface area (Å²) in [5, 5.41) is 3.86. The minimum Gasteiger partial charge on any atom is -0.346 e. The van der Waals surface area contributed by atoms with Crippen LogP contribution in [0.3, 0.4) is 0 Å². The highest BCUT2D eigenvalue weighted by molar-refractivity contribution is 7.91. The number of carbonyl (C=O) groups excluding carboxylic acids is 2. The van der Waals surface area contributed by atoms with E-state index in [0.29, 0.717) is 11.5 Å². The van der Waals surface area contributed by atoms with Crippen LogP contribution in [0, 0.1) is 5.92 Å². The van der Waals surface area contributed by atoms with Gasteiger partial charge in [0.2, 0.25) is 11.8 Å². The number of nitrogens with zero attached hydrogens (tertiary/aromatic N) is 2.